The van der Waals surface area contributed by atoms with E-state index >= 15 is 0 Å². The minimum Gasteiger partial charge on any atom is -0.491 e. The van der Waals surface area contributed by atoms with Crippen molar-refractivity contribution >= 4 is 15.7 Å². The molecule has 2 rings (SSSR count). The van der Waals surface area contributed by atoms with E-state index in [-0.39, 0.29) is 4.90 Å². The third kappa shape index (κ3) is 3.62. The van der Waals surface area contributed by atoms with E-state index < -0.39 is 10.0 Å². The van der Waals surface area contributed by atoms with Crippen molar-refractivity contribution in [3.63, 3.8) is 0 Å². The molecule has 0 aliphatic heterocycles. The maximum Gasteiger partial charge on any atom is 0.244 e. The average Bonchev–Trinajstić information content (AvgIpc) is 3.24. The van der Waals surface area contributed by atoms with Gasteiger partial charge >= 0.3 is 0 Å². The summed E-state index contributed by atoms with van der Waals surface area (Å²) in [4.78, 5) is 2.30. The Morgan fingerprint density at radius 2 is 2.15 bits per heavy atom. The zero-order valence-electron chi connectivity index (χ0n) is 11.8. The lowest BCUT2D eigenvalue weighted by atomic mass is 10.3. The van der Waals surface area contributed by atoms with Gasteiger partial charge in [-0.2, -0.15) is 0 Å². The van der Waals surface area contributed by atoms with Crippen LogP contribution < -0.4 is 15.2 Å². The van der Waals surface area contributed by atoms with Crippen LogP contribution in [0.25, 0.3) is 0 Å². The van der Waals surface area contributed by atoms with Gasteiger partial charge < -0.3 is 15.4 Å². The fourth-order valence-corrected chi connectivity index (χ4v) is 2.86. The molecule has 0 radical (unpaired) electrons. The van der Waals surface area contributed by atoms with Crippen molar-refractivity contribution in [2.75, 3.05) is 33.0 Å². The summed E-state index contributed by atoms with van der Waals surface area (Å²) in [6.07, 6.45) is 2.47. The smallest absolute Gasteiger partial charge is 0.244 e. The van der Waals surface area contributed by atoms with Crippen LogP contribution >= 0.6 is 0 Å². The van der Waals surface area contributed by atoms with Crippen LogP contribution in [0.15, 0.2) is 23.1 Å². The van der Waals surface area contributed by atoms with E-state index in [4.69, 9.17) is 10.5 Å². The normalized spacial score (nSPS) is 15.6. The molecular weight excluding hydrogens is 278 g/mol. The van der Waals surface area contributed by atoms with E-state index in [0.29, 0.717) is 24.1 Å². The van der Waals surface area contributed by atoms with Gasteiger partial charge in [-0.1, -0.05) is 0 Å². The first-order valence-electron chi connectivity index (χ1n) is 6.60. The number of benzene rings is 1. The van der Waals surface area contributed by atoms with Crippen molar-refractivity contribution in [2.45, 2.75) is 23.8 Å². The number of hydrogen-bond acceptors (Lipinski definition) is 5. The summed E-state index contributed by atoms with van der Waals surface area (Å²) >= 11 is 0. The summed E-state index contributed by atoms with van der Waals surface area (Å²) in [7, 11) is -0.159. The van der Waals surface area contributed by atoms with E-state index in [1.165, 1.54) is 26.0 Å². The van der Waals surface area contributed by atoms with Crippen molar-refractivity contribution in [1.82, 2.24) is 9.62 Å². The van der Waals surface area contributed by atoms with Crippen molar-refractivity contribution in [3.8, 4) is 5.75 Å². The first-order chi connectivity index (χ1) is 9.44. The number of nitrogens with zero attached hydrogens (tertiary/aromatic N) is 1. The van der Waals surface area contributed by atoms with E-state index in [9.17, 15) is 8.42 Å². The van der Waals surface area contributed by atoms with Gasteiger partial charge in [-0.25, -0.2) is 13.1 Å². The predicted octanol–water partition coefficient (Wildman–Crippen LogP) is 0.650. The minimum atomic E-state index is -3.57. The molecule has 0 saturated heterocycles. The monoisotopic (exact) mass is 299 g/mol. The van der Waals surface area contributed by atoms with Crippen LogP contribution in [0.3, 0.4) is 0 Å². The lowest BCUT2D eigenvalue weighted by Gasteiger charge is -2.17. The van der Waals surface area contributed by atoms with Gasteiger partial charge in [0.05, 0.1) is 0 Å². The van der Waals surface area contributed by atoms with Crippen molar-refractivity contribution < 1.29 is 13.2 Å². The highest BCUT2D eigenvalue weighted by Gasteiger charge is 2.26. The van der Waals surface area contributed by atoms with Gasteiger partial charge in [0, 0.05) is 18.3 Å². The summed E-state index contributed by atoms with van der Waals surface area (Å²) in [5, 5.41) is 0. The standard InChI is InChI=1S/C13H21N3O3S/c1-15-20(17,18)13-9-10(14)3-6-12(13)19-8-7-16(2)11-4-5-11/h3,6,9,11,15H,4-5,7-8,14H2,1-2H3. The Balaban J connectivity index is 2.06. The van der Waals surface area contributed by atoms with Gasteiger partial charge in [-0.3, -0.25) is 0 Å². The van der Waals surface area contributed by atoms with Crippen LogP contribution in [0.4, 0.5) is 5.69 Å². The molecule has 0 bridgehead atoms. The van der Waals surface area contributed by atoms with E-state index in [2.05, 4.69) is 16.7 Å². The number of sulfonamides is 1. The molecular formula is C13H21N3O3S. The van der Waals surface area contributed by atoms with Crippen molar-refractivity contribution in [2.24, 2.45) is 0 Å². The number of nitrogen functional groups attached to an aromatic ring is 1. The molecule has 0 heterocycles. The molecule has 112 valence electrons. The largest absolute Gasteiger partial charge is 0.491 e. The van der Waals surface area contributed by atoms with E-state index in [1.807, 2.05) is 0 Å². The Labute approximate surface area is 120 Å². The predicted molar refractivity (Wildman–Crippen MR) is 78.2 cm³/mol. The number of likely N-dealkylation sites (N-methyl/N-ethyl adjacent to an activating group) is 1. The number of rotatable bonds is 7. The third-order valence-electron chi connectivity index (χ3n) is 3.40. The first-order valence-corrected chi connectivity index (χ1v) is 8.08. The summed E-state index contributed by atoms with van der Waals surface area (Å²) in [5.74, 6) is 0.331. The Morgan fingerprint density at radius 3 is 2.75 bits per heavy atom. The summed E-state index contributed by atoms with van der Waals surface area (Å²) < 4.78 is 31.8. The fraction of sp³-hybridized carbons (Fsp3) is 0.538. The summed E-state index contributed by atoms with van der Waals surface area (Å²) in [6, 6.07) is 5.29. The highest BCUT2D eigenvalue weighted by molar-refractivity contribution is 7.89. The average molecular weight is 299 g/mol. The topological polar surface area (TPSA) is 84.7 Å². The zero-order chi connectivity index (χ0) is 14.8. The Kier molecular flexibility index (Phi) is 4.52. The number of nitrogens with one attached hydrogen (secondary N) is 1. The van der Waals surface area contributed by atoms with Crippen LogP contribution in [0.1, 0.15) is 12.8 Å². The molecule has 7 heteroatoms. The molecule has 0 amide bonds. The maximum absolute atomic E-state index is 11.9. The number of hydrogen-bond donors (Lipinski definition) is 2. The number of nitrogens with two attached hydrogens (primary N) is 1. The van der Waals surface area contributed by atoms with E-state index in [1.54, 1.807) is 12.1 Å². The summed E-state index contributed by atoms with van der Waals surface area (Å²) in [6.45, 7) is 1.22. The molecule has 0 aromatic heterocycles. The Bertz CT molecular complexity index is 570. The van der Waals surface area contributed by atoms with Crippen LogP contribution in [-0.4, -0.2) is 46.6 Å². The highest BCUT2D eigenvalue weighted by Crippen LogP contribution is 2.27. The third-order valence-corrected chi connectivity index (χ3v) is 4.83. The lowest BCUT2D eigenvalue weighted by Crippen LogP contribution is -2.27. The van der Waals surface area contributed by atoms with Gasteiger partial charge in [-0.15, -0.1) is 0 Å². The molecule has 0 unspecified atom stereocenters. The molecule has 3 N–H and O–H groups in total. The summed E-state index contributed by atoms with van der Waals surface area (Å²) in [5.41, 5.74) is 6.04. The SMILES string of the molecule is CNS(=O)(=O)c1cc(N)ccc1OCCN(C)C1CC1. The minimum absolute atomic E-state index is 0.0778. The van der Waals surface area contributed by atoms with Crippen LogP contribution in [0.2, 0.25) is 0 Å². The second-order valence-corrected chi connectivity index (χ2v) is 6.83. The quantitative estimate of drug-likeness (QED) is 0.722. The molecule has 1 fully saturated rings. The van der Waals surface area contributed by atoms with Gasteiger partial charge in [0.2, 0.25) is 10.0 Å². The zero-order valence-corrected chi connectivity index (χ0v) is 12.6. The van der Waals surface area contributed by atoms with Crippen LogP contribution in [-0.2, 0) is 10.0 Å². The van der Waals surface area contributed by atoms with Crippen molar-refractivity contribution in [1.29, 1.82) is 0 Å². The molecule has 1 saturated carbocycles. The molecule has 1 aromatic carbocycles. The second-order valence-electron chi connectivity index (χ2n) is 4.97. The maximum atomic E-state index is 11.9. The number of anilines is 1. The van der Waals surface area contributed by atoms with E-state index in [0.717, 1.165) is 6.54 Å². The first kappa shape index (κ1) is 15.1. The Morgan fingerprint density at radius 1 is 1.45 bits per heavy atom. The van der Waals surface area contributed by atoms with Gasteiger partial charge in [-0.05, 0) is 45.1 Å². The van der Waals surface area contributed by atoms with Crippen molar-refractivity contribution in [3.05, 3.63) is 18.2 Å². The Hall–Kier alpha value is -1.31. The highest BCUT2D eigenvalue weighted by atomic mass is 32.2. The molecule has 6 nitrogen and oxygen atoms in total. The molecule has 0 atom stereocenters. The van der Waals surface area contributed by atoms with Crippen LogP contribution in [0.5, 0.6) is 5.75 Å². The lowest BCUT2D eigenvalue weighted by molar-refractivity contribution is 0.228. The van der Waals surface area contributed by atoms with Crippen LogP contribution in [0, 0.1) is 0 Å². The van der Waals surface area contributed by atoms with Gasteiger partial charge in [0.1, 0.15) is 17.3 Å². The molecule has 1 aromatic rings. The molecule has 0 spiro atoms. The van der Waals surface area contributed by atoms with Gasteiger partial charge in [0.15, 0.2) is 0 Å². The van der Waals surface area contributed by atoms with Gasteiger partial charge in [0.25, 0.3) is 0 Å². The molecule has 1 aliphatic rings. The molecule has 1 aliphatic carbocycles. The second kappa shape index (κ2) is 5.99. The fourth-order valence-electron chi connectivity index (χ4n) is 1.96. The molecule has 20 heavy (non-hydrogen) atoms. The number of ether oxygens (including phenoxy) is 1.